The molecule has 0 amide bonds. The summed E-state index contributed by atoms with van der Waals surface area (Å²) >= 11 is 0. The number of fused-ring (bicyclic) bond motifs is 1. The second kappa shape index (κ2) is 4.93. The highest BCUT2D eigenvalue weighted by molar-refractivity contribution is 5.83. The zero-order valence-electron chi connectivity index (χ0n) is 11.0. The van der Waals surface area contributed by atoms with Crippen LogP contribution in [0, 0.1) is 5.82 Å². The maximum absolute atomic E-state index is 13.1. The molecule has 0 spiro atoms. The van der Waals surface area contributed by atoms with E-state index in [1.807, 2.05) is 30.3 Å². The van der Waals surface area contributed by atoms with E-state index in [4.69, 9.17) is 4.42 Å². The number of ketones is 1. The van der Waals surface area contributed by atoms with Crippen LogP contribution < -0.4 is 0 Å². The fraction of sp³-hybridized carbons (Fsp3) is 0.118. The molecule has 0 N–H and O–H groups in total. The van der Waals surface area contributed by atoms with Crippen LogP contribution in [0.15, 0.2) is 52.9 Å². The van der Waals surface area contributed by atoms with Crippen LogP contribution in [0.4, 0.5) is 4.39 Å². The summed E-state index contributed by atoms with van der Waals surface area (Å²) in [5.41, 5.74) is 2.55. The first kappa shape index (κ1) is 12.6. The van der Waals surface area contributed by atoms with E-state index in [0.717, 1.165) is 16.5 Å². The predicted molar refractivity (Wildman–Crippen MR) is 76.0 cm³/mol. The van der Waals surface area contributed by atoms with Crippen molar-refractivity contribution < 1.29 is 13.6 Å². The lowest BCUT2D eigenvalue weighted by molar-refractivity contribution is -0.116. The quantitative estimate of drug-likeness (QED) is 0.706. The summed E-state index contributed by atoms with van der Waals surface area (Å²) in [5.74, 6) is 0.554. The molecule has 0 bridgehead atoms. The third-order valence-electron chi connectivity index (χ3n) is 3.17. The molecule has 0 radical (unpaired) electrons. The minimum atomic E-state index is -0.276. The predicted octanol–water partition coefficient (Wildman–Crippen LogP) is 4.37. The maximum Gasteiger partial charge on any atom is 0.135 e. The van der Waals surface area contributed by atoms with Gasteiger partial charge in [0.05, 0.1) is 0 Å². The number of Topliss-reactive ketones (excluding diaryl/α,β-unsaturated/α-hetero) is 1. The zero-order chi connectivity index (χ0) is 14.1. The van der Waals surface area contributed by atoms with Gasteiger partial charge in [0.25, 0.3) is 0 Å². The topological polar surface area (TPSA) is 30.2 Å². The lowest BCUT2D eigenvalue weighted by atomic mass is 10.1. The number of furan rings is 1. The molecule has 1 heterocycles. The van der Waals surface area contributed by atoms with Crippen molar-refractivity contribution in [3.63, 3.8) is 0 Å². The summed E-state index contributed by atoms with van der Waals surface area (Å²) in [6.07, 6.45) is 0.436. The monoisotopic (exact) mass is 268 g/mol. The van der Waals surface area contributed by atoms with Gasteiger partial charge in [-0.3, -0.25) is 4.79 Å². The molecular weight excluding hydrogens is 255 g/mol. The Morgan fingerprint density at radius 3 is 2.55 bits per heavy atom. The smallest absolute Gasteiger partial charge is 0.135 e. The van der Waals surface area contributed by atoms with Crippen molar-refractivity contribution in [2.45, 2.75) is 13.3 Å². The highest BCUT2D eigenvalue weighted by Crippen LogP contribution is 2.28. The average molecular weight is 268 g/mol. The third kappa shape index (κ3) is 2.48. The first-order valence-corrected chi connectivity index (χ1v) is 6.40. The summed E-state index contributed by atoms with van der Waals surface area (Å²) in [4.78, 5) is 11.1. The van der Waals surface area contributed by atoms with E-state index in [-0.39, 0.29) is 11.6 Å². The van der Waals surface area contributed by atoms with Crippen LogP contribution in [-0.2, 0) is 11.2 Å². The molecule has 0 atom stereocenters. The number of rotatable bonds is 3. The maximum atomic E-state index is 13.1. The number of hydrogen-bond acceptors (Lipinski definition) is 2. The van der Waals surface area contributed by atoms with E-state index in [9.17, 15) is 9.18 Å². The van der Waals surface area contributed by atoms with Gasteiger partial charge in [-0.2, -0.15) is 0 Å². The first-order chi connectivity index (χ1) is 9.61. The van der Waals surface area contributed by atoms with Crippen molar-refractivity contribution in [1.29, 1.82) is 0 Å². The van der Waals surface area contributed by atoms with Crippen LogP contribution in [-0.4, -0.2) is 5.78 Å². The van der Waals surface area contributed by atoms with Crippen molar-refractivity contribution in [2.75, 3.05) is 0 Å². The summed E-state index contributed by atoms with van der Waals surface area (Å²) in [7, 11) is 0. The molecule has 0 fully saturated rings. The van der Waals surface area contributed by atoms with E-state index in [0.29, 0.717) is 17.8 Å². The molecule has 2 aromatic carbocycles. The minimum Gasteiger partial charge on any atom is -0.456 e. The Hall–Kier alpha value is -2.42. The van der Waals surface area contributed by atoms with Crippen LogP contribution in [0.25, 0.3) is 22.3 Å². The molecule has 1 aromatic heterocycles. The lowest BCUT2D eigenvalue weighted by Crippen LogP contribution is -1.95. The highest BCUT2D eigenvalue weighted by Gasteiger charge is 2.07. The number of carbonyl (C=O) groups is 1. The van der Waals surface area contributed by atoms with Gasteiger partial charge in [0.1, 0.15) is 22.9 Å². The molecule has 3 rings (SSSR count). The minimum absolute atomic E-state index is 0.136. The van der Waals surface area contributed by atoms with E-state index >= 15 is 0 Å². The number of halogens is 1. The van der Waals surface area contributed by atoms with Gasteiger partial charge in [-0.05, 0) is 36.8 Å². The normalized spacial score (nSPS) is 10.9. The Morgan fingerprint density at radius 1 is 1.10 bits per heavy atom. The summed E-state index contributed by atoms with van der Waals surface area (Å²) in [6.45, 7) is 1.57. The SMILES string of the molecule is CC(=O)Cc1ccc(-c2cc3cc(F)ccc3o2)cc1. The zero-order valence-corrected chi connectivity index (χ0v) is 11.0. The number of benzene rings is 2. The largest absolute Gasteiger partial charge is 0.456 e. The molecule has 0 aliphatic heterocycles. The average Bonchev–Trinajstić information content (AvgIpc) is 2.81. The van der Waals surface area contributed by atoms with Crippen molar-refractivity contribution in [3.05, 3.63) is 59.9 Å². The van der Waals surface area contributed by atoms with Gasteiger partial charge in [0, 0.05) is 17.4 Å². The van der Waals surface area contributed by atoms with Gasteiger partial charge >= 0.3 is 0 Å². The van der Waals surface area contributed by atoms with Crippen molar-refractivity contribution >= 4 is 16.8 Å². The fourth-order valence-corrected chi connectivity index (χ4v) is 2.23. The fourth-order valence-electron chi connectivity index (χ4n) is 2.23. The van der Waals surface area contributed by atoms with Gasteiger partial charge in [0.15, 0.2) is 0 Å². The van der Waals surface area contributed by atoms with Crippen LogP contribution in [0.5, 0.6) is 0 Å². The Labute approximate surface area is 115 Å². The van der Waals surface area contributed by atoms with Gasteiger partial charge in [0.2, 0.25) is 0 Å². The molecular formula is C17H13FO2. The summed E-state index contributed by atoms with van der Waals surface area (Å²) in [5, 5.41) is 0.743. The van der Waals surface area contributed by atoms with E-state index in [1.165, 1.54) is 12.1 Å². The van der Waals surface area contributed by atoms with E-state index < -0.39 is 0 Å². The molecule has 3 heteroatoms. The first-order valence-electron chi connectivity index (χ1n) is 6.40. The van der Waals surface area contributed by atoms with Crippen LogP contribution in [0.3, 0.4) is 0 Å². The van der Waals surface area contributed by atoms with Crippen LogP contribution >= 0.6 is 0 Å². The van der Waals surface area contributed by atoms with Gasteiger partial charge < -0.3 is 4.42 Å². The number of hydrogen-bond donors (Lipinski definition) is 0. The Bertz CT molecular complexity index is 769. The highest BCUT2D eigenvalue weighted by atomic mass is 19.1. The van der Waals surface area contributed by atoms with Crippen LogP contribution in [0.2, 0.25) is 0 Å². The molecule has 3 aromatic rings. The Balaban J connectivity index is 1.96. The molecule has 0 aliphatic rings. The van der Waals surface area contributed by atoms with Crippen LogP contribution in [0.1, 0.15) is 12.5 Å². The molecule has 0 unspecified atom stereocenters. The third-order valence-corrected chi connectivity index (χ3v) is 3.17. The molecule has 0 aliphatic carbocycles. The summed E-state index contributed by atoms with van der Waals surface area (Å²) < 4.78 is 18.8. The second-order valence-electron chi connectivity index (χ2n) is 4.87. The van der Waals surface area contributed by atoms with Gasteiger partial charge in [-0.1, -0.05) is 24.3 Å². The Morgan fingerprint density at radius 2 is 1.85 bits per heavy atom. The second-order valence-corrected chi connectivity index (χ2v) is 4.87. The van der Waals surface area contributed by atoms with Crippen molar-refractivity contribution in [1.82, 2.24) is 0 Å². The molecule has 0 saturated carbocycles. The van der Waals surface area contributed by atoms with E-state index in [2.05, 4.69) is 0 Å². The molecule has 2 nitrogen and oxygen atoms in total. The Kier molecular flexibility index (Phi) is 3.11. The number of carbonyl (C=O) groups excluding carboxylic acids is 1. The lowest BCUT2D eigenvalue weighted by Gasteiger charge is -2.00. The standard InChI is InChI=1S/C17H13FO2/c1-11(19)8-12-2-4-13(5-3-12)17-10-14-9-15(18)6-7-16(14)20-17/h2-7,9-10H,8H2,1H3. The molecule has 100 valence electrons. The molecule has 0 saturated heterocycles. The van der Waals surface area contributed by atoms with Crippen molar-refractivity contribution in [2.24, 2.45) is 0 Å². The van der Waals surface area contributed by atoms with E-state index in [1.54, 1.807) is 13.0 Å². The van der Waals surface area contributed by atoms with Gasteiger partial charge in [-0.15, -0.1) is 0 Å². The van der Waals surface area contributed by atoms with Gasteiger partial charge in [-0.25, -0.2) is 4.39 Å². The van der Waals surface area contributed by atoms with Crippen molar-refractivity contribution in [3.8, 4) is 11.3 Å². The summed E-state index contributed by atoms with van der Waals surface area (Å²) in [6, 6.07) is 13.9. The molecule has 20 heavy (non-hydrogen) atoms.